The van der Waals surface area contributed by atoms with Gasteiger partial charge in [0.05, 0.1) is 10.5 Å². The number of sulfonamides is 1. The second-order valence-corrected chi connectivity index (χ2v) is 7.61. The molecule has 1 atom stereocenters. The van der Waals surface area contributed by atoms with Gasteiger partial charge in [0, 0.05) is 16.2 Å². The van der Waals surface area contributed by atoms with Gasteiger partial charge in [-0.1, -0.05) is 0 Å². The minimum Gasteiger partial charge on any atom is -0.478 e. The monoisotopic (exact) mass is 395 g/mol. The van der Waals surface area contributed by atoms with Crippen LogP contribution in [-0.2, 0) is 10.0 Å². The van der Waals surface area contributed by atoms with Crippen molar-refractivity contribution in [1.82, 2.24) is 4.31 Å². The van der Waals surface area contributed by atoms with Gasteiger partial charge in [-0.3, -0.25) is 0 Å². The summed E-state index contributed by atoms with van der Waals surface area (Å²) in [5.74, 6) is -1.11. The van der Waals surface area contributed by atoms with Crippen LogP contribution in [0.5, 0.6) is 0 Å². The van der Waals surface area contributed by atoms with Crippen LogP contribution in [0.25, 0.3) is 0 Å². The molecule has 1 aliphatic rings. The van der Waals surface area contributed by atoms with Crippen LogP contribution in [-0.4, -0.2) is 36.4 Å². The van der Waals surface area contributed by atoms with Crippen molar-refractivity contribution in [1.29, 1.82) is 0 Å². The normalized spacial score (nSPS) is 20.6. The first-order chi connectivity index (χ1) is 8.84. The van der Waals surface area contributed by atoms with Crippen LogP contribution in [0, 0.1) is 3.57 Å². The number of benzene rings is 1. The Bertz CT molecular complexity index is 614. The lowest BCUT2D eigenvalue weighted by atomic mass is 10.2. The van der Waals surface area contributed by atoms with Gasteiger partial charge in [-0.15, -0.1) is 0 Å². The van der Waals surface area contributed by atoms with Crippen LogP contribution in [0.1, 0.15) is 30.1 Å². The van der Waals surface area contributed by atoms with Crippen LogP contribution < -0.4 is 0 Å². The molecule has 1 N–H and O–H groups in total. The van der Waals surface area contributed by atoms with Crippen molar-refractivity contribution in [3.05, 3.63) is 27.3 Å². The molecule has 0 radical (unpaired) electrons. The molecule has 1 aliphatic heterocycles. The molecule has 0 bridgehead atoms. The Labute approximate surface area is 125 Å². The van der Waals surface area contributed by atoms with E-state index in [9.17, 15) is 13.2 Å². The Hall–Kier alpha value is -0.670. The van der Waals surface area contributed by atoms with E-state index in [0.717, 1.165) is 12.8 Å². The largest absolute Gasteiger partial charge is 0.478 e. The van der Waals surface area contributed by atoms with Crippen LogP contribution in [0.4, 0.5) is 0 Å². The molecule has 2 rings (SSSR count). The second-order valence-electron chi connectivity index (χ2n) is 4.55. The molecule has 5 nitrogen and oxygen atoms in total. The summed E-state index contributed by atoms with van der Waals surface area (Å²) in [5.41, 5.74) is 0.0218. The van der Waals surface area contributed by atoms with Crippen molar-refractivity contribution in [3.8, 4) is 0 Å². The predicted molar refractivity (Wildman–Crippen MR) is 78.7 cm³/mol. The molecule has 0 aliphatic carbocycles. The Balaban J connectivity index is 2.46. The summed E-state index contributed by atoms with van der Waals surface area (Å²) in [6.07, 6.45) is 1.69. The van der Waals surface area contributed by atoms with Crippen molar-refractivity contribution < 1.29 is 18.3 Å². The molecule has 0 saturated carbocycles. The van der Waals surface area contributed by atoms with Crippen LogP contribution >= 0.6 is 22.6 Å². The number of carboxylic acid groups (broad SMARTS) is 1. The van der Waals surface area contributed by atoms with Gasteiger partial charge in [0.2, 0.25) is 10.0 Å². The molecule has 1 fully saturated rings. The van der Waals surface area contributed by atoms with Crippen LogP contribution in [0.15, 0.2) is 23.1 Å². The highest BCUT2D eigenvalue weighted by Crippen LogP contribution is 2.27. The summed E-state index contributed by atoms with van der Waals surface area (Å²) in [4.78, 5) is 11.1. The van der Waals surface area contributed by atoms with Crippen molar-refractivity contribution in [2.75, 3.05) is 6.54 Å². The molecule has 1 saturated heterocycles. The number of carboxylic acids is 1. The highest BCUT2D eigenvalue weighted by atomic mass is 127. The quantitative estimate of drug-likeness (QED) is 0.797. The third-order valence-corrected chi connectivity index (χ3v) is 6.22. The van der Waals surface area contributed by atoms with E-state index in [2.05, 4.69) is 0 Å². The Morgan fingerprint density at radius 1 is 1.47 bits per heavy atom. The Kier molecular flexibility index (Phi) is 4.17. The fourth-order valence-corrected chi connectivity index (χ4v) is 4.52. The van der Waals surface area contributed by atoms with E-state index in [1.54, 1.807) is 0 Å². The fraction of sp³-hybridized carbons (Fsp3) is 0.417. The van der Waals surface area contributed by atoms with Crippen LogP contribution in [0.3, 0.4) is 0 Å². The third-order valence-electron chi connectivity index (χ3n) is 3.27. The molecule has 0 amide bonds. The van der Waals surface area contributed by atoms with Crippen molar-refractivity contribution in [2.24, 2.45) is 0 Å². The molecule has 0 spiro atoms. The first-order valence-corrected chi connectivity index (χ1v) is 8.40. The van der Waals surface area contributed by atoms with Gasteiger partial charge in [-0.2, -0.15) is 4.31 Å². The van der Waals surface area contributed by atoms with Crippen LogP contribution in [0.2, 0.25) is 0 Å². The lowest BCUT2D eigenvalue weighted by Crippen LogP contribution is -2.33. The third kappa shape index (κ3) is 2.77. The maximum Gasteiger partial charge on any atom is 0.336 e. The molecule has 1 aromatic rings. The average Bonchev–Trinajstić information content (AvgIpc) is 2.76. The van der Waals surface area contributed by atoms with Gasteiger partial charge in [0.25, 0.3) is 0 Å². The van der Waals surface area contributed by atoms with E-state index >= 15 is 0 Å². The second kappa shape index (κ2) is 5.37. The van der Waals surface area contributed by atoms with E-state index < -0.39 is 16.0 Å². The summed E-state index contributed by atoms with van der Waals surface area (Å²) in [7, 11) is -3.59. The summed E-state index contributed by atoms with van der Waals surface area (Å²) in [5, 5.41) is 9.06. The molecule has 19 heavy (non-hydrogen) atoms. The number of hydrogen-bond donors (Lipinski definition) is 1. The number of nitrogens with zero attached hydrogens (tertiary/aromatic N) is 1. The molecular formula is C12H14INO4S. The summed E-state index contributed by atoms with van der Waals surface area (Å²) in [6.45, 7) is 2.37. The zero-order chi connectivity index (χ0) is 14.2. The summed E-state index contributed by atoms with van der Waals surface area (Å²) in [6, 6.07) is 4.20. The summed E-state index contributed by atoms with van der Waals surface area (Å²) < 4.78 is 26.9. The average molecular weight is 395 g/mol. The first-order valence-electron chi connectivity index (χ1n) is 5.88. The van der Waals surface area contributed by atoms with E-state index in [4.69, 9.17) is 5.11 Å². The predicted octanol–water partition coefficient (Wildman–Crippen LogP) is 2.16. The lowest BCUT2D eigenvalue weighted by molar-refractivity contribution is 0.0695. The maximum atomic E-state index is 12.5. The zero-order valence-corrected chi connectivity index (χ0v) is 13.3. The van der Waals surface area contributed by atoms with Gasteiger partial charge in [-0.05, 0) is 60.6 Å². The maximum absolute atomic E-state index is 12.5. The van der Waals surface area contributed by atoms with Crippen molar-refractivity contribution in [3.63, 3.8) is 0 Å². The van der Waals surface area contributed by atoms with Gasteiger partial charge in [0.15, 0.2) is 0 Å². The molecule has 1 unspecified atom stereocenters. The molecular weight excluding hydrogens is 381 g/mol. The van der Waals surface area contributed by atoms with E-state index in [1.807, 2.05) is 29.5 Å². The zero-order valence-electron chi connectivity index (χ0n) is 10.3. The Morgan fingerprint density at radius 2 is 2.16 bits per heavy atom. The minimum atomic E-state index is -3.59. The molecule has 1 heterocycles. The first kappa shape index (κ1) is 14.7. The topological polar surface area (TPSA) is 74.7 Å². The lowest BCUT2D eigenvalue weighted by Gasteiger charge is -2.21. The molecule has 1 aromatic carbocycles. The number of halogens is 1. The minimum absolute atomic E-state index is 0.0218. The molecule has 0 aromatic heterocycles. The van der Waals surface area contributed by atoms with E-state index in [1.165, 1.54) is 22.5 Å². The summed E-state index contributed by atoms with van der Waals surface area (Å²) >= 11 is 1.88. The Morgan fingerprint density at radius 3 is 2.68 bits per heavy atom. The van der Waals surface area contributed by atoms with Crippen molar-refractivity contribution >= 4 is 38.6 Å². The molecule has 7 heteroatoms. The molecule has 104 valence electrons. The number of rotatable bonds is 3. The van der Waals surface area contributed by atoms with Gasteiger partial charge in [0.1, 0.15) is 0 Å². The highest BCUT2D eigenvalue weighted by molar-refractivity contribution is 14.1. The highest BCUT2D eigenvalue weighted by Gasteiger charge is 2.33. The SMILES string of the molecule is CC1CCCN1S(=O)(=O)c1ccc(I)c(C(=O)O)c1. The van der Waals surface area contributed by atoms with E-state index in [-0.39, 0.29) is 16.5 Å². The number of aromatic carboxylic acids is 1. The smallest absolute Gasteiger partial charge is 0.336 e. The van der Waals surface area contributed by atoms with Gasteiger partial charge in [-0.25, -0.2) is 13.2 Å². The standard InChI is InChI=1S/C12H14INO4S/c1-8-3-2-6-14(8)19(17,18)9-4-5-11(13)10(7-9)12(15)16/h4-5,7-8H,2-3,6H2,1H3,(H,15,16). The van der Waals surface area contributed by atoms with Gasteiger partial charge < -0.3 is 5.11 Å². The van der Waals surface area contributed by atoms with Gasteiger partial charge >= 0.3 is 5.97 Å². The van der Waals surface area contributed by atoms with E-state index in [0.29, 0.717) is 10.1 Å². The van der Waals surface area contributed by atoms with Crippen molar-refractivity contribution in [2.45, 2.75) is 30.7 Å². The number of hydrogen-bond acceptors (Lipinski definition) is 3. The number of carbonyl (C=O) groups is 1. The fourth-order valence-electron chi connectivity index (χ4n) is 2.23.